The van der Waals surface area contributed by atoms with Crippen LogP contribution in [0.5, 0.6) is 0 Å². The zero-order valence-corrected chi connectivity index (χ0v) is 13.5. The molecule has 2 rings (SSSR count). The van der Waals surface area contributed by atoms with Crippen molar-refractivity contribution in [3.05, 3.63) is 53.6 Å². The van der Waals surface area contributed by atoms with Gasteiger partial charge in [0.15, 0.2) is 0 Å². The Labute approximate surface area is 140 Å². The van der Waals surface area contributed by atoms with Crippen LogP contribution in [0.4, 0.5) is 17.1 Å². The van der Waals surface area contributed by atoms with Crippen LogP contribution in [0.25, 0.3) is 0 Å². The van der Waals surface area contributed by atoms with E-state index in [1.165, 1.54) is 6.92 Å². The molecule has 0 unspecified atom stereocenters. The number of halogens is 1. The molecule has 23 heavy (non-hydrogen) atoms. The molecule has 0 bridgehead atoms. The minimum atomic E-state index is -0.131. The lowest BCUT2D eigenvalue weighted by atomic mass is 10.2. The summed E-state index contributed by atoms with van der Waals surface area (Å²) >= 11 is 5.89. The van der Waals surface area contributed by atoms with Crippen LogP contribution in [-0.2, 0) is 9.59 Å². The maximum Gasteiger partial charge on any atom is 0.226 e. The summed E-state index contributed by atoms with van der Waals surface area (Å²) in [5, 5.41) is 9.26. The second-order valence-corrected chi connectivity index (χ2v) is 5.43. The number of nitrogens with one attached hydrogen (secondary N) is 3. The highest BCUT2D eigenvalue weighted by Crippen LogP contribution is 2.15. The lowest BCUT2D eigenvalue weighted by Crippen LogP contribution is -2.16. The van der Waals surface area contributed by atoms with E-state index in [0.717, 1.165) is 5.69 Å². The van der Waals surface area contributed by atoms with Crippen molar-refractivity contribution in [2.24, 2.45) is 0 Å². The Balaban J connectivity index is 1.77. The smallest absolute Gasteiger partial charge is 0.226 e. The first kappa shape index (κ1) is 16.8. The van der Waals surface area contributed by atoms with E-state index >= 15 is 0 Å². The maximum absolute atomic E-state index is 11.9. The summed E-state index contributed by atoms with van der Waals surface area (Å²) in [6.45, 7) is 1.96. The molecule has 2 amide bonds. The largest absolute Gasteiger partial charge is 0.384 e. The molecule has 0 saturated heterocycles. The summed E-state index contributed by atoms with van der Waals surface area (Å²) in [7, 11) is 0. The van der Waals surface area contributed by atoms with Gasteiger partial charge in [0.05, 0.1) is 0 Å². The molecule has 0 saturated carbocycles. The average Bonchev–Trinajstić information content (AvgIpc) is 2.49. The van der Waals surface area contributed by atoms with Gasteiger partial charge < -0.3 is 16.0 Å². The topological polar surface area (TPSA) is 70.2 Å². The maximum atomic E-state index is 11.9. The number of carbonyl (C=O) groups excluding carboxylic acids is 2. The minimum Gasteiger partial charge on any atom is -0.384 e. The summed E-state index contributed by atoms with van der Waals surface area (Å²) in [5.74, 6) is -0.222. The predicted octanol–water partition coefficient (Wildman–Crippen LogP) is 3.74. The van der Waals surface area contributed by atoms with E-state index < -0.39 is 0 Å². The van der Waals surface area contributed by atoms with Crippen molar-refractivity contribution in [3.63, 3.8) is 0 Å². The van der Waals surface area contributed by atoms with Gasteiger partial charge in [-0.25, -0.2) is 0 Å². The molecule has 0 aliphatic rings. The van der Waals surface area contributed by atoms with Gasteiger partial charge in [0, 0.05) is 42.0 Å². The first-order valence-corrected chi connectivity index (χ1v) is 7.58. The number of anilines is 3. The fraction of sp³-hybridized carbons (Fsp3) is 0.176. The first-order valence-electron chi connectivity index (χ1n) is 7.20. The zero-order chi connectivity index (χ0) is 16.7. The van der Waals surface area contributed by atoms with Crippen LogP contribution in [0.1, 0.15) is 13.3 Å². The Morgan fingerprint density at radius 1 is 0.957 bits per heavy atom. The Morgan fingerprint density at radius 2 is 1.61 bits per heavy atom. The Kier molecular flexibility index (Phi) is 6.00. The Hall–Kier alpha value is -2.53. The standard InChI is InChI=1S/C17H18ClN3O2/c1-12(22)20-14-5-7-15(8-6-14)21-17(23)9-10-19-16-4-2-3-13(18)11-16/h2-8,11,19H,9-10H2,1H3,(H,20,22)(H,21,23). The van der Waals surface area contributed by atoms with Crippen molar-refractivity contribution in [2.45, 2.75) is 13.3 Å². The normalized spacial score (nSPS) is 10.0. The molecule has 0 heterocycles. The molecular formula is C17H18ClN3O2. The molecule has 2 aromatic rings. The third-order valence-electron chi connectivity index (χ3n) is 2.99. The summed E-state index contributed by atoms with van der Waals surface area (Å²) in [6.07, 6.45) is 0.333. The third kappa shape index (κ3) is 6.00. The fourth-order valence-corrected chi connectivity index (χ4v) is 2.17. The van der Waals surface area contributed by atoms with Gasteiger partial charge in [-0.2, -0.15) is 0 Å². The number of carbonyl (C=O) groups is 2. The molecule has 0 aromatic heterocycles. The summed E-state index contributed by atoms with van der Waals surface area (Å²) < 4.78 is 0. The van der Waals surface area contributed by atoms with Crippen molar-refractivity contribution in [2.75, 3.05) is 22.5 Å². The van der Waals surface area contributed by atoms with Crippen LogP contribution < -0.4 is 16.0 Å². The van der Waals surface area contributed by atoms with E-state index in [1.807, 2.05) is 12.1 Å². The number of rotatable bonds is 6. The van der Waals surface area contributed by atoms with Gasteiger partial charge in [0.25, 0.3) is 0 Å². The highest BCUT2D eigenvalue weighted by Gasteiger charge is 2.03. The van der Waals surface area contributed by atoms with Crippen LogP contribution in [0, 0.1) is 0 Å². The fourth-order valence-electron chi connectivity index (χ4n) is 1.98. The molecule has 120 valence electrons. The van der Waals surface area contributed by atoms with Gasteiger partial charge in [0.1, 0.15) is 0 Å². The van der Waals surface area contributed by atoms with Crippen molar-refractivity contribution in [1.82, 2.24) is 0 Å². The highest BCUT2D eigenvalue weighted by atomic mass is 35.5. The van der Waals surface area contributed by atoms with Crippen molar-refractivity contribution in [3.8, 4) is 0 Å². The van der Waals surface area contributed by atoms with Gasteiger partial charge in [0.2, 0.25) is 11.8 Å². The molecule has 5 nitrogen and oxygen atoms in total. The minimum absolute atomic E-state index is 0.0909. The quantitative estimate of drug-likeness (QED) is 0.755. The molecule has 6 heteroatoms. The van der Waals surface area contributed by atoms with Crippen LogP contribution in [0.15, 0.2) is 48.5 Å². The number of hydrogen-bond donors (Lipinski definition) is 3. The number of hydrogen-bond acceptors (Lipinski definition) is 3. The van der Waals surface area contributed by atoms with Crippen molar-refractivity contribution < 1.29 is 9.59 Å². The lowest BCUT2D eigenvalue weighted by molar-refractivity contribution is -0.116. The molecule has 2 aromatic carbocycles. The highest BCUT2D eigenvalue weighted by molar-refractivity contribution is 6.30. The lowest BCUT2D eigenvalue weighted by Gasteiger charge is -2.08. The van der Waals surface area contributed by atoms with Gasteiger partial charge in [-0.05, 0) is 42.5 Å². The zero-order valence-electron chi connectivity index (χ0n) is 12.7. The molecule has 0 fully saturated rings. The first-order chi connectivity index (χ1) is 11.0. The van der Waals surface area contributed by atoms with E-state index in [-0.39, 0.29) is 11.8 Å². The molecular weight excluding hydrogens is 314 g/mol. The van der Waals surface area contributed by atoms with Gasteiger partial charge in [-0.1, -0.05) is 17.7 Å². The van der Waals surface area contributed by atoms with Crippen LogP contribution in [0.3, 0.4) is 0 Å². The van der Waals surface area contributed by atoms with E-state index in [1.54, 1.807) is 36.4 Å². The average molecular weight is 332 g/mol. The van der Waals surface area contributed by atoms with E-state index in [9.17, 15) is 9.59 Å². The number of benzene rings is 2. The molecule has 0 aliphatic carbocycles. The van der Waals surface area contributed by atoms with Crippen molar-refractivity contribution >= 4 is 40.5 Å². The van der Waals surface area contributed by atoms with E-state index in [4.69, 9.17) is 11.6 Å². The molecule has 0 atom stereocenters. The molecule has 3 N–H and O–H groups in total. The van der Waals surface area contributed by atoms with Crippen LogP contribution in [0.2, 0.25) is 5.02 Å². The predicted molar refractivity (Wildman–Crippen MR) is 93.9 cm³/mol. The SMILES string of the molecule is CC(=O)Nc1ccc(NC(=O)CCNc2cccc(Cl)c2)cc1. The third-order valence-corrected chi connectivity index (χ3v) is 3.23. The van der Waals surface area contributed by atoms with E-state index in [2.05, 4.69) is 16.0 Å². The van der Waals surface area contributed by atoms with E-state index in [0.29, 0.717) is 29.4 Å². The van der Waals surface area contributed by atoms with Gasteiger partial charge in [-0.15, -0.1) is 0 Å². The second kappa shape index (κ2) is 8.19. The van der Waals surface area contributed by atoms with Gasteiger partial charge in [-0.3, -0.25) is 9.59 Å². The Morgan fingerprint density at radius 3 is 2.22 bits per heavy atom. The van der Waals surface area contributed by atoms with Gasteiger partial charge >= 0.3 is 0 Å². The van der Waals surface area contributed by atoms with Crippen LogP contribution in [-0.4, -0.2) is 18.4 Å². The number of amides is 2. The summed E-state index contributed by atoms with van der Waals surface area (Å²) in [4.78, 5) is 22.8. The van der Waals surface area contributed by atoms with Crippen molar-refractivity contribution in [1.29, 1.82) is 0 Å². The summed E-state index contributed by atoms with van der Waals surface area (Å²) in [6, 6.07) is 14.3. The summed E-state index contributed by atoms with van der Waals surface area (Å²) in [5.41, 5.74) is 2.26. The Bertz CT molecular complexity index is 686. The monoisotopic (exact) mass is 331 g/mol. The molecule has 0 spiro atoms. The molecule has 0 radical (unpaired) electrons. The molecule has 0 aliphatic heterocycles. The van der Waals surface area contributed by atoms with Crippen LogP contribution >= 0.6 is 11.6 Å². The second-order valence-electron chi connectivity index (χ2n) is 4.99.